The second-order valence-electron chi connectivity index (χ2n) is 28.1. The van der Waals surface area contributed by atoms with E-state index in [-0.39, 0.29) is 0 Å². The van der Waals surface area contributed by atoms with Gasteiger partial charge in [-0.2, -0.15) is 0 Å². The number of furan rings is 2. The van der Waals surface area contributed by atoms with E-state index in [9.17, 15) is 0 Å². The molecule has 22 rings (SSSR count). The zero-order chi connectivity index (χ0) is 74.0. The smallest absolute Gasteiger partial charge is 0.164 e. The second kappa shape index (κ2) is 27.5. The van der Waals surface area contributed by atoms with E-state index in [1.165, 1.54) is 21.5 Å². The van der Waals surface area contributed by atoms with Gasteiger partial charge in [0.05, 0.1) is 22.1 Å². The SMILES string of the molecule is c1ccc(-c2cccc(-c3nc(-c4ccccc4)nc(-c4cccc(-n5c6ccccc6c6cc(-c7ccc8c(c7)oc7ccccc78)ccc65)c4)n3)c2)cc1.c1ccc(-c2nc(-c3ccccc3)nc(-c3cccc(-c4cccc(-n5c6ccccc6c6cc(-c7ccc8c(c7)oc7ccccc78)ccc65)c4)c3)n2)cc1. The first-order valence-corrected chi connectivity index (χ1v) is 37.5. The van der Waals surface area contributed by atoms with Crippen LogP contribution in [0.1, 0.15) is 0 Å². The monoisotopic (exact) mass is 1430 g/mol. The fourth-order valence-corrected chi connectivity index (χ4v) is 15.9. The van der Waals surface area contributed by atoms with Gasteiger partial charge >= 0.3 is 0 Å². The van der Waals surface area contributed by atoms with Crippen molar-refractivity contribution < 1.29 is 8.83 Å². The highest BCUT2D eigenvalue weighted by Gasteiger charge is 2.21. The van der Waals surface area contributed by atoms with Crippen LogP contribution in [0.3, 0.4) is 0 Å². The molecule has 10 nitrogen and oxygen atoms in total. The molecular formula is C102H64N8O2. The molecule has 112 heavy (non-hydrogen) atoms. The van der Waals surface area contributed by atoms with Crippen molar-refractivity contribution in [3.8, 4) is 124 Å². The number of benzene rings is 16. The first kappa shape index (κ1) is 65.1. The molecule has 0 saturated heterocycles. The van der Waals surface area contributed by atoms with Gasteiger partial charge in [0.1, 0.15) is 22.3 Å². The number of hydrogen-bond donors (Lipinski definition) is 0. The van der Waals surface area contributed by atoms with Crippen molar-refractivity contribution in [2.24, 2.45) is 0 Å². The van der Waals surface area contributed by atoms with Gasteiger partial charge in [-0.05, 0) is 154 Å². The third-order valence-electron chi connectivity index (χ3n) is 21.3. The summed E-state index contributed by atoms with van der Waals surface area (Å²) >= 11 is 0. The maximum atomic E-state index is 6.25. The maximum Gasteiger partial charge on any atom is 0.164 e. The summed E-state index contributed by atoms with van der Waals surface area (Å²) < 4.78 is 17.2. The van der Waals surface area contributed by atoms with E-state index in [1.54, 1.807) is 0 Å². The number of fused-ring (bicyclic) bond motifs is 12. The summed E-state index contributed by atoms with van der Waals surface area (Å²) in [5.74, 6) is 3.80. The van der Waals surface area contributed by atoms with Crippen LogP contribution in [0.15, 0.2) is 397 Å². The first-order chi connectivity index (χ1) is 55.5. The molecule has 0 fully saturated rings. The predicted octanol–water partition coefficient (Wildman–Crippen LogP) is 26.4. The van der Waals surface area contributed by atoms with Gasteiger partial charge in [0.25, 0.3) is 0 Å². The molecule has 16 aromatic carbocycles. The Morgan fingerprint density at radius 2 is 0.420 bits per heavy atom. The van der Waals surface area contributed by atoms with Crippen LogP contribution >= 0.6 is 0 Å². The Kier molecular flexibility index (Phi) is 16.0. The van der Waals surface area contributed by atoms with Crippen LogP contribution in [0.5, 0.6) is 0 Å². The third-order valence-corrected chi connectivity index (χ3v) is 21.3. The molecule has 22 aromatic rings. The minimum Gasteiger partial charge on any atom is -0.456 e. The molecule has 0 amide bonds. The van der Waals surface area contributed by atoms with E-state index in [0.29, 0.717) is 34.9 Å². The number of aromatic nitrogens is 8. The molecule has 6 heterocycles. The van der Waals surface area contributed by atoms with Crippen molar-refractivity contribution in [3.63, 3.8) is 0 Å². The minimum atomic E-state index is 0.616. The van der Waals surface area contributed by atoms with Gasteiger partial charge in [0, 0.05) is 87.8 Å². The molecular weight excluding hydrogens is 1370 g/mol. The van der Waals surface area contributed by atoms with E-state index < -0.39 is 0 Å². The highest BCUT2D eigenvalue weighted by atomic mass is 16.3. The van der Waals surface area contributed by atoms with Crippen LogP contribution in [-0.2, 0) is 0 Å². The summed E-state index contributed by atoms with van der Waals surface area (Å²) in [7, 11) is 0. The van der Waals surface area contributed by atoms with Gasteiger partial charge in [-0.1, -0.05) is 279 Å². The molecule has 0 radical (unpaired) electrons. The number of hydrogen-bond acceptors (Lipinski definition) is 8. The molecule has 0 aliphatic carbocycles. The van der Waals surface area contributed by atoms with Crippen molar-refractivity contribution in [1.82, 2.24) is 39.0 Å². The zero-order valence-corrected chi connectivity index (χ0v) is 60.3. The fraction of sp³-hybridized carbons (Fsp3) is 0. The Balaban J connectivity index is 0.000000141. The van der Waals surface area contributed by atoms with Gasteiger partial charge in [0.15, 0.2) is 34.9 Å². The normalized spacial score (nSPS) is 11.6. The Morgan fingerprint density at radius 3 is 0.848 bits per heavy atom. The molecule has 10 heteroatoms. The highest BCUT2D eigenvalue weighted by molar-refractivity contribution is 6.13. The third kappa shape index (κ3) is 11.9. The lowest BCUT2D eigenvalue weighted by atomic mass is 10.0. The molecule has 0 N–H and O–H groups in total. The summed E-state index contributed by atoms with van der Waals surface area (Å²) in [5, 5.41) is 9.32. The summed E-state index contributed by atoms with van der Waals surface area (Å²) in [6.07, 6.45) is 0. The second-order valence-corrected chi connectivity index (χ2v) is 28.1. The van der Waals surface area contributed by atoms with Crippen molar-refractivity contribution in [1.29, 1.82) is 0 Å². The molecule has 0 atom stereocenters. The van der Waals surface area contributed by atoms with Gasteiger partial charge < -0.3 is 18.0 Å². The lowest BCUT2D eigenvalue weighted by Gasteiger charge is -2.12. The van der Waals surface area contributed by atoms with Crippen LogP contribution < -0.4 is 0 Å². The van der Waals surface area contributed by atoms with Gasteiger partial charge in [0.2, 0.25) is 0 Å². The standard InChI is InChI=1S/2C51H32N4O/c1-3-13-33(14-4-1)49-52-50(34-15-5-2-6-16-34)54-51(53-49)39-19-11-17-35(29-39)36-18-12-20-40(30-36)55-45-23-9-7-21-41(45)44-31-37(26-28-46(44)55)38-25-27-43-42-22-8-10-24-47(42)56-48(43)32-38;1-3-13-33(14-4-1)35-17-11-18-38(29-35)50-52-49(34-15-5-2-6-16-34)53-51(54-50)39-19-12-20-40(30-39)55-45-23-9-7-21-41(45)44-31-36(26-28-46(44)55)37-25-27-43-42-22-8-10-24-47(42)56-48(43)32-37/h2*1-32H. The first-order valence-electron chi connectivity index (χ1n) is 37.5. The average molecular weight is 1430 g/mol. The Hall–Kier alpha value is -15.3. The van der Waals surface area contributed by atoms with Crippen molar-refractivity contribution >= 4 is 87.5 Å². The largest absolute Gasteiger partial charge is 0.456 e. The Labute approximate surface area is 643 Å². The Bertz CT molecular complexity index is 7330. The molecule has 6 aromatic heterocycles. The van der Waals surface area contributed by atoms with E-state index in [2.05, 4.69) is 276 Å². The summed E-state index contributed by atoms with van der Waals surface area (Å²) in [5.41, 5.74) is 24.8. The molecule has 0 spiro atoms. The van der Waals surface area contributed by atoms with E-state index in [4.69, 9.17) is 38.7 Å². The quantitative estimate of drug-likeness (QED) is 0.119. The topological polar surface area (TPSA) is 113 Å². The predicted molar refractivity (Wildman–Crippen MR) is 457 cm³/mol. The van der Waals surface area contributed by atoms with Crippen molar-refractivity contribution in [2.45, 2.75) is 0 Å². The molecule has 0 aliphatic rings. The van der Waals surface area contributed by atoms with Gasteiger partial charge in [-0.15, -0.1) is 0 Å². The lowest BCUT2D eigenvalue weighted by Crippen LogP contribution is -2.01. The molecule has 0 saturated carbocycles. The highest BCUT2D eigenvalue weighted by Crippen LogP contribution is 2.42. The molecule has 0 bridgehead atoms. The van der Waals surface area contributed by atoms with Crippen molar-refractivity contribution in [3.05, 3.63) is 388 Å². The van der Waals surface area contributed by atoms with Gasteiger partial charge in [-0.3, -0.25) is 0 Å². The number of rotatable bonds is 12. The maximum absolute atomic E-state index is 6.25. The molecule has 0 unspecified atom stereocenters. The van der Waals surface area contributed by atoms with Crippen LogP contribution in [0, 0.1) is 0 Å². The van der Waals surface area contributed by atoms with Crippen LogP contribution in [0.2, 0.25) is 0 Å². The number of nitrogens with zero attached hydrogens (tertiary/aromatic N) is 8. The van der Waals surface area contributed by atoms with Crippen LogP contribution in [0.25, 0.3) is 212 Å². The minimum absolute atomic E-state index is 0.616. The molecule has 524 valence electrons. The van der Waals surface area contributed by atoms with Crippen LogP contribution in [-0.4, -0.2) is 39.0 Å². The average Bonchev–Trinajstić information content (AvgIpc) is 1.59. The molecule has 0 aliphatic heterocycles. The van der Waals surface area contributed by atoms with E-state index in [0.717, 1.165) is 155 Å². The van der Waals surface area contributed by atoms with Crippen molar-refractivity contribution in [2.75, 3.05) is 0 Å². The summed E-state index contributed by atoms with van der Waals surface area (Å²) in [6.45, 7) is 0. The summed E-state index contributed by atoms with van der Waals surface area (Å²) in [4.78, 5) is 30.1. The van der Waals surface area contributed by atoms with E-state index >= 15 is 0 Å². The van der Waals surface area contributed by atoms with Gasteiger partial charge in [-0.25, -0.2) is 29.9 Å². The fourth-order valence-electron chi connectivity index (χ4n) is 15.9. The summed E-state index contributed by atoms with van der Waals surface area (Å²) in [6, 6.07) is 135. The van der Waals surface area contributed by atoms with E-state index in [1.807, 2.05) is 121 Å². The Morgan fingerprint density at radius 1 is 0.152 bits per heavy atom. The van der Waals surface area contributed by atoms with Crippen LogP contribution in [0.4, 0.5) is 0 Å². The zero-order valence-electron chi connectivity index (χ0n) is 60.3. The number of para-hydroxylation sites is 4. The lowest BCUT2D eigenvalue weighted by molar-refractivity contribution is 0.668.